The Hall–Kier alpha value is -0.910. The third-order valence-electron chi connectivity index (χ3n) is 4.50. The largest absolute Gasteiger partial charge is 0.309 e. The zero-order valence-corrected chi connectivity index (χ0v) is 14.0. The highest BCUT2D eigenvalue weighted by atomic mass is 32.2. The van der Waals surface area contributed by atoms with E-state index in [0.29, 0.717) is 17.4 Å². The van der Waals surface area contributed by atoms with E-state index in [-0.39, 0.29) is 11.8 Å². The molecule has 1 aromatic rings. The number of fused-ring (bicyclic) bond motifs is 1. The van der Waals surface area contributed by atoms with Gasteiger partial charge in [-0.3, -0.25) is 0 Å². The van der Waals surface area contributed by atoms with Crippen LogP contribution in [0, 0.1) is 0 Å². The van der Waals surface area contributed by atoms with Crippen LogP contribution < -0.4 is 5.32 Å². The van der Waals surface area contributed by atoms with Crippen LogP contribution in [-0.2, 0) is 9.84 Å². The van der Waals surface area contributed by atoms with Crippen LogP contribution in [0.3, 0.4) is 0 Å². The Morgan fingerprint density at radius 3 is 2.81 bits per heavy atom. The summed E-state index contributed by atoms with van der Waals surface area (Å²) in [5, 5.41) is 3.52. The molecule has 1 heterocycles. The van der Waals surface area contributed by atoms with Crippen molar-refractivity contribution in [2.45, 2.75) is 43.7 Å². The van der Waals surface area contributed by atoms with Gasteiger partial charge in [0.25, 0.3) is 0 Å². The summed E-state index contributed by atoms with van der Waals surface area (Å²) < 4.78 is 24.2. The second kappa shape index (κ2) is 6.90. The fourth-order valence-corrected chi connectivity index (χ4v) is 4.37. The van der Waals surface area contributed by atoms with Crippen LogP contribution in [-0.4, -0.2) is 45.2 Å². The molecule has 0 radical (unpaired) electrons. The lowest BCUT2D eigenvalue weighted by Crippen LogP contribution is -2.37. The van der Waals surface area contributed by atoms with Crippen molar-refractivity contribution in [3.63, 3.8) is 0 Å². The highest BCUT2D eigenvalue weighted by molar-refractivity contribution is 7.91. The maximum absolute atomic E-state index is 12.1. The van der Waals surface area contributed by atoms with Gasteiger partial charge in [0.1, 0.15) is 0 Å². The zero-order chi connectivity index (χ0) is 15.5. The van der Waals surface area contributed by atoms with Crippen molar-refractivity contribution < 1.29 is 8.42 Å². The van der Waals surface area contributed by atoms with E-state index in [2.05, 4.69) is 31.1 Å². The minimum absolute atomic E-state index is 0.148. The van der Waals surface area contributed by atoms with Crippen LogP contribution in [0.4, 0.5) is 0 Å². The molecule has 0 aliphatic carbocycles. The topological polar surface area (TPSA) is 49.4 Å². The van der Waals surface area contributed by atoms with Crippen molar-refractivity contribution in [1.29, 1.82) is 0 Å². The van der Waals surface area contributed by atoms with Crippen molar-refractivity contribution in [2.24, 2.45) is 0 Å². The molecule has 1 aromatic carbocycles. The summed E-state index contributed by atoms with van der Waals surface area (Å²) in [6.45, 7) is 6.26. The summed E-state index contributed by atoms with van der Waals surface area (Å²) in [6, 6.07) is 8.10. The first-order valence-corrected chi connectivity index (χ1v) is 9.36. The Bertz CT molecular complexity index is 571. The van der Waals surface area contributed by atoms with Crippen LogP contribution in [0.2, 0.25) is 0 Å². The average Bonchev–Trinajstić information content (AvgIpc) is 2.49. The fourth-order valence-electron chi connectivity index (χ4n) is 2.75. The maximum atomic E-state index is 12.1. The molecular formula is C16H26N2O2S. The van der Waals surface area contributed by atoms with E-state index >= 15 is 0 Å². The van der Waals surface area contributed by atoms with Gasteiger partial charge in [-0.1, -0.05) is 25.1 Å². The van der Waals surface area contributed by atoms with E-state index in [9.17, 15) is 8.42 Å². The molecule has 0 aromatic heterocycles. The van der Waals surface area contributed by atoms with Crippen LogP contribution in [0.1, 0.15) is 38.3 Å². The Kier molecular flexibility index (Phi) is 5.41. The Morgan fingerprint density at radius 2 is 2.10 bits per heavy atom. The van der Waals surface area contributed by atoms with Gasteiger partial charge in [0.2, 0.25) is 0 Å². The van der Waals surface area contributed by atoms with E-state index in [0.717, 1.165) is 25.1 Å². The van der Waals surface area contributed by atoms with Crippen LogP contribution in [0.5, 0.6) is 0 Å². The number of hydrogen-bond donors (Lipinski definition) is 1. The molecule has 2 atom stereocenters. The van der Waals surface area contributed by atoms with Crippen molar-refractivity contribution >= 4 is 9.84 Å². The van der Waals surface area contributed by atoms with Crippen LogP contribution >= 0.6 is 0 Å². The zero-order valence-electron chi connectivity index (χ0n) is 13.2. The van der Waals surface area contributed by atoms with E-state index in [1.807, 2.05) is 12.1 Å². The van der Waals surface area contributed by atoms with E-state index < -0.39 is 9.84 Å². The highest BCUT2D eigenvalue weighted by Crippen LogP contribution is 2.31. The number of hydrogen-bond acceptors (Lipinski definition) is 4. The highest BCUT2D eigenvalue weighted by Gasteiger charge is 2.29. The first-order valence-electron chi connectivity index (χ1n) is 7.71. The van der Waals surface area contributed by atoms with Crippen molar-refractivity contribution in [3.8, 4) is 0 Å². The summed E-state index contributed by atoms with van der Waals surface area (Å²) >= 11 is 0. The molecule has 2 rings (SSSR count). The molecule has 0 saturated carbocycles. The van der Waals surface area contributed by atoms with Gasteiger partial charge in [-0.15, -0.1) is 0 Å². The monoisotopic (exact) mass is 310 g/mol. The molecule has 4 nitrogen and oxygen atoms in total. The summed E-state index contributed by atoms with van der Waals surface area (Å²) in [4.78, 5) is 2.84. The third-order valence-corrected chi connectivity index (χ3v) is 6.32. The second-order valence-corrected chi connectivity index (χ2v) is 7.97. The van der Waals surface area contributed by atoms with Gasteiger partial charge < -0.3 is 10.2 Å². The van der Waals surface area contributed by atoms with E-state index in [4.69, 9.17) is 0 Å². The second-order valence-electron chi connectivity index (χ2n) is 5.89. The van der Waals surface area contributed by atoms with Gasteiger partial charge in [-0.05, 0) is 38.4 Å². The van der Waals surface area contributed by atoms with Gasteiger partial charge in [-0.25, -0.2) is 8.42 Å². The lowest BCUT2D eigenvalue weighted by atomic mass is 10.0. The van der Waals surface area contributed by atoms with Gasteiger partial charge in [0.05, 0.1) is 10.6 Å². The molecule has 0 spiro atoms. The Balaban J connectivity index is 2.00. The normalized spacial score (nSPS) is 22.0. The Labute approximate surface area is 128 Å². The minimum atomic E-state index is -3.08. The minimum Gasteiger partial charge on any atom is -0.309 e. The van der Waals surface area contributed by atoms with E-state index in [1.54, 1.807) is 12.1 Å². The number of nitrogens with zero attached hydrogens (tertiary/aromatic N) is 1. The molecule has 0 saturated heterocycles. The lowest BCUT2D eigenvalue weighted by molar-refractivity contribution is 0.247. The third kappa shape index (κ3) is 3.84. The smallest absolute Gasteiger partial charge is 0.178 e. The average molecular weight is 310 g/mol. The SMILES string of the molecule is CCC(C)N(C)CCNC1CCS(=O)(=O)c2ccccc21. The number of benzene rings is 1. The summed E-state index contributed by atoms with van der Waals surface area (Å²) in [7, 11) is -0.950. The number of sulfone groups is 1. The first-order chi connectivity index (χ1) is 9.95. The molecule has 5 heteroatoms. The molecule has 0 bridgehead atoms. The van der Waals surface area contributed by atoms with Crippen molar-refractivity contribution in [2.75, 3.05) is 25.9 Å². The predicted octanol–water partition coefficient (Wildman–Crippen LogP) is 2.22. The maximum Gasteiger partial charge on any atom is 0.178 e. The van der Waals surface area contributed by atoms with Crippen molar-refractivity contribution in [3.05, 3.63) is 29.8 Å². The fraction of sp³-hybridized carbons (Fsp3) is 0.625. The first kappa shape index (κ1) is 16.5. The van der Waals surface area contributed by atoms with E-state index in [1.165, 1.54) is 0 Å². The number of nitrogens with one attached hydrogen (secondary N) is 1. The molecule has 0 fully saturated rings. The number of rotatable bonds is 6. The predicted molar refractivity (Wildman–Crippen MR) is 86.2 cm³/mol. The number of likely N-dealkylation sites (N-methyl/N-ethyl adjacent to an activating group) is 1. The molecule has 2 unspecified atom stereocenters. The van der Waals surface area contributed by atoms with Crippen molar-refractivity contribution in [1.82, 2.24) is 10.2 Å². The van der Waals surface area contributed by atoms with Gasteiger partial charge >= 0.3 is 0 Å². The molecule has 0 amide bonds. The molecule has 1 N–H and O–H groups in total. The van der Waals surface area contributed by atoms with Gasteiger partial charge in [0, 0.05) is 25.2 Å². The Morgan fingerprint density at radius 1 is 1.38 bits per heavy atom. The molecule has 118 valence electrons. The summed E-state index contributed by atoms with van der Waals surface area (Å²) in [6.07, 6.45) is 1.80. The quantitative estimate of drug-likeness (QED) is 0.875. The lowest BCUT2D eigenvalue weighted by Gasteiger charge is -2.28. The summed E-state index contributed by atoms with van der Waals surface area (Å²) in [5.74, 6) is 0.239. The van der Waals surface area contributed by atoms with Gasteiger partial charge in [-0.2, -0.15) is 0 Å². The molecular weight excluding hydrogens is 284 g/mol. The molecule has 1 aliphatic heterocycles. The standard InChI is InChI=1S/C16H26N2O2S/c1-4-13(2)18(3)11-10-17-15-9-12-21(19,20)16-8-6-5-7-14(15)16/h5-8,13,15,17H,4,9-12H2,1-3H3. The van der Waals surface area contributed by atoms with Gasteiger partial charge in [0.15, 0.2) is 9.84 Å². The van der Waals surface area contributed by atoms with Crippen LogP contribution in [0.15, 0.2) is 29.2 Å². The van der Waals surface area contributed by atoms with Crippen LogP contribution in [0.25, 0.3) is 0 Å². The molecule has 21 heavy (non-hydrogen) atoms. The molecule has 1 aliphatic rings. The summed E-state index contributed by atoms with van der Waals surface area (Å²) in [5.41, 5.74) is 0.926.